The number of carbonyl (C=O) groups excluding carboxylic acids is 1. The highest BCUT2D eigenvalue weighted by Crippen LogP contribution is 2.25. The maximum atomic E-state index is 12.6. The van der Waals surface area contributed by atoms with Gasteiger partial charge in [-0.25, -0.2) is 9.78 Å². The number of rotatable bonds is 4. The molecule has 184 valence electrons. The quantitative estimate of drug-likeness (QED) is 0.672. The van der Waals surface area contributed by atoms with Gasteiger partial charge < -0.3 is 15.3 Å². The van der Waals surface area contributed by atoms with E-state index >= 15 is 0 Å². The molecule has 1 amide bonds. The molecule has 3 heterocycles. The van der Waals surface area contributed by atoms with Crippen molar-refractivity contribution in [1.29, 1.82) is 0 Å². The summed E-state index contributed by atoms with van der Waals surface area (Å²) in [7, 11) is 0. The number of benzene rings is 1. The minimum Gasteiger partial charge on any atom is -0.475 e. The van der Waals surface area contributed by atoms with Gasteiger partial charge in [-0.3, -0.25) is 9.69 Å². The van der Waals surface area contributed by atoms with Crippen molar-refractivity contribution in [1.82, 2.24) is 15.2 Å². The van der Waals surface area contributed by atoms with Crippen molar-refractivity contribution < 1.29 is 27.9 Å². The molecule has 1 aromatic carbocycles. The third-order valence-electron chi connectivity index (χ3n) is 5.86. The molecule has 34 heavy (non-hydrogen) atoms. The van der Waals surface area contributed by atoms with Crippen LogP contribution in [0, 0.1) is 0 Å². The number of carbonyl (C=O) groups is 2. The molecule has 0 radical (unpaired) electrons. The zero-order valence-electron chi connectivity index (χ0n) is 18.3. The molecule has 11 heteroatoms. The van der Waals surface area contributed by atoms with Crippen LogP contribution in [0.4, 0.5) is 19.0 Å². The second kappa shape index (κ2) is 11.5. The van der Waals surface area contributed by atoms with Crippen LogP contribution in [-0.4, -0.2) is 71.3 Å². The fraction of sp³-hybridized carbons (Fsp3) is 0.435. The van der Waals surface area contributed by atoms with E-state index in [1.165, 1.54) is 0 Å². The van der Waals surface area contributed by atoms with Gasteiger partial charge in [-0.15, -0.1) is 0 Å². The Balaban J connectivity index is 0.000000406. The number of nitrogens with zero attached hydrogens (tertiary/aromatic N) is 3. The molecule has 7 nitrogen and oxygen atoms in total. The first-order chi connectivity index (χ1) is 16.1. The standard InChI is InChI=1S/C21H25ClN4O.C2HF3O2/c22-17-6-4-16(5-7-17)15-19-21(27)24-11-14-26(19)18-8-12-25(13-9-18)20-3-1-2-10-23-20;3-2(4,5)1(6)7/h1-7,10,18-19H,8-9,11-15H2,(H,24,27);(H,6,7)/t19-;/m0./s1. The van der Waals surface area contributed by atoms with Crippen LogP contribution >= 0.6 is 11.6 Å². The number of hydrogen-bond acceptors (Lipinski definition) is 5. The van der Waals surface area contributed by atoms with E-state index in [4.69, 9.17) is 21.5 Å². The molecule has 0 bridgehead atoms. The van der Waals surface area contributed by atoms with Gasteiger partial charge in [-0.05, 0) is 49.1 Å². The van der Waals surface area contributed by atoms with Crippen LogP contribution in [0.1, 0.15) is 18.4 Å². The van der Waals surface area contributed by atoms with Crippen LogP contribution in [-0.2, 0) is 16.0 Å². The highest BCUT2D eigenvalue weighted by molar-refractivity contribution is 6.30. The maximum absolute atomic E-state index is 12.6. The summed E-state index contributed by atoms with van der Waals surface area (Å²) in [6.07, 6.45) is -0.399. The van der Waals surface area contributed by atoms with Gasteiger partial charge in [0.15, 0.2) is 0 Å². The zero-order valence-corrected chi connectivity index (χ0v) is 19.1. The average Bonchev–Trinajstić information content (AvgIpc) is 2.82. The normalized spacial score (nSPS) is 19.7. The average molecular weight is 499 g/mol. The minimum atomic E-state index is -5.08. The third-order valence-corrected chi connectivity index (χ3v) is 6.12. The Morgan fingerprint density at radius 2 is 1.76 bits per heavy atom. The molecular formula is C23H26ClF3N4O3. The van der Waals surface area contributed by atoms with Crippen molar-refractivity contribution in [3.8, 4) is 0 Å². The second-order valence-corrected chi connectivity index (χ2v) is 8.52. The van der Waals surface area contributed by atoms with E-state index in [2.05, 4.69) is 26.2 Å². The molecule has 1 aromatic heterocycles. The lowest BCUT2D eigenvalue weighted by Gasteiger charge is -2.44. The van der Waals surface area contributed by atoms with Crippen molar-refractivity contribution in [3.63, 3.8) is 0 Å². The molecular weight excluding hydrogens is 473 g/mol. The van der Waals surface area contributed by atoms with E-state index in [0.29, 0.717) is 6.04 Å². The fourth-order valence-corrected chi connectivity index (χ4v) is 4.32. The van der Waals surface area contributed by atoms with Crippen LogP contribution < -0.4 is 10.2 Å². The number of aromatic nitrogens is 1. The SMILES string of the molecule is O=C(O)C(F)(F)F.O=C1NCCN(C2CCN(c3ccccn3)CC2)[C@H]1Cc1ccc(Cl)cc1. The predicted octanol–water partition coefficient (Wildman–Crippen LogP) is 3.38. The van der Waals surface area contributed by atoms with Crippen molar-refractivity contribution in [3.05, 3.63) is 59.2 Å². The summed E-state index contributed by atoms with van der Waals surface area (Å²) in [6, 6.07) is 14.2. The molecule has 0 unspecified atom stereocenters. The van der Waals surface area contributed by atoms with Crippen molar-refractivity contribution in [2.24, 2.45) is 0 Å². The Hall–Kier alpha value is -2.85. The number of halogens is 4. The largest absolute Gasteiger partial charge is 0.490 e. The molecule has 0 aliphatic carbocycles. The van der Waals surface area contributed by atoms with E-state index in [-0.39, 0.29) is 11.9 Å². The molecule has 2 aliphatic heterocycles. The molecule has 4 rings (SSSR count). The number of hydrogen-bond donors (Lipinski definition) is 2. The Bertz CT molecular complexity index is 952. The highest BCUT2D eigenvalue weighted by atomic mass is 35.5. The van der Waals surface area contributed by atoms with E-state index < -0.39 is 12.1 Å². The summed E-state index contributed by atoms with van der Waals surface area (Å²) >= 11 is 6.00. The zero-order chi connectivity index (χ0) is 24.7. The first-order valence-electron chi connectivity index (χ1n) is 10.9. The lowest BCUT2D eigenvalue weighted by molar-refractivity contribution is -0.192. The van der Waals surface area contributed by atoms with Gasteiger partial charge in [0.2, 0.25) is 5.91 Å². The van der Waals surface area contributed by atoms with E-state index in [9.17, 15) is 18.0 Å². The van der Waals surface area contributed by atoms with Crippen LogP contribution in [0.15, 0.2) is 48.7 Å². The van der Waals surface area contributed by atoms with Crippen LogP contribution in [0.5, 0.6) is 0 Å². The summed E-state index contributed by atoms with van der Waals surface area (Å²) in [4.78, 5) is 30.7. The third kappa shape index (κ3) is 7.07. The monoisotopic (exact) mass is 498 g/mol. The molecule has 2 aromatic rings. The number of piperidine rings is 1. The van der Waals surface area contributed by atoms with Gasteiger partial charge in [0.05, 0.1) is 6.04 Å². The van der Waals surface area contributed by atoms with E-state index in [1.807, 2.05) is 42.6 Å². The summed E-state index contributed by atoms with van der Waals surface area (Å²) in [6.45, 7) is 3.61. The van der Waals surface area contributed by atoms with Crippen molar-refractivity contribution >= 4 is 29.3 Å². The molecule has 2 fully saturated rings. The number of alkyl halides is 3. The second-order valence-electron chi connectivity index (χ2n) is 8.08. The number of anilines is 1. The van der Waals surface area contributed by atoms with Gasteiger partial charge >= 0.3 is 12.1 Å². The van der Waals surface area contributed by atoms with Gasteiger partial charge in [0.25, 0.3) is 0 Å². The van der Waals surface area contributed by atoms with Crippen molar-refractivity contribution in [2.45, 2.75) is 37.5 Å². The number of nitrogens with one attached hydrogen (secondary N) is 1. The van der Waals surface area contributed by atoms with E-state index in [0.717, 1.165) is 61.8 Å². The summed E-state index contributed by atoms with van der Waals surface area (Å²) in [5.41, 5.74) is 1.15. The minimum absolute atomic E-state index is 0.105. The van der Waals surface area contributed by atoms with E-state index in [1.54, 1.807) is 0 Å². The smallest absolute Gasteiger partial charge is 0.475 e. The predicted molar refractivity (Wildman–Crippen MR) is 122 cm³/mol. The lowest BCUT2D eigenvalue weighted by Crippen LogP contribution is -2.60. The molecule has 0 spiro atoms. The number of carboxylic acids is 1. The Labute approximate surface area is 200 Å². The first kappa shape index (κ1) is 25.8. The number of aliphatic carboxylic acids is 1. The van der Waals surface area contributed by atoms with Crippen molar-refractivity contribution in [2.75, 3.05) is 31.1 Å². The Kier molecular flexibility index (Phi) is 8.73. The van der Waals surface area contributed by atoms with Gasteiger partial charge in [0, 0.05) is 43.4 Å². The molecule has 2 saturated heterocycles. The topological polar surface area (TPSA) is 85.8 Å². The van der Waals surface area contributed by atoms with Gasteiger partial charge in [-0.1, -0.05) is 29.8 Å². The summed E-state index contributed by atoms with van der Waals surface area (Å²) in [5.74, 6) is -1.57. The Morgan fingerprint density at radius 3 is 2.32 bits per heavy atom. The number of pyridine rings is 1. The van der Waals surface area contributed by atoms with Crippen LogP contribution in [0.3, 0.4) is 0 Å². The summed E-state index contributed by atoms with van der Waals surface area (Å²) < 4.78 is 31.7. The molecule has 2 N–H and O–H groups in total. The Morgan fingerprint density at radius 1 is 1.12 bits per heavy atom. The van der Waals surface area contributed by atoms with Gasteiger partial charge in [-0.2, -0.15) is 13.2 Å². The molecule has 0 saturated carbocycles. The van der Waals surface area contributed by atoms with Crippen LogP contribution in [0.2, 0.25) is 5.02 Å². The van der Waals surface area contributed by atoms with Gasteiger partial charge in [0.1, 0.15) is 5.82 Å². The lowest BCUT2D eigenvalue weighted by atomic mass is 9.96. The molecule has 2 aliphatic rings. The number of amides is 1. The highest BCUT2D eigenvalue weighted by Gasteiger charge is 2.38. The maximum Gasteiger partial charge on any atom is 0.490 e. The van der Waals surface area contributed by atoms with Crippen LogP contribution in [0.25, 0.3) is 0 Å². The molecule has 1 atom stereocenters. The fourth-order valence-electron chi connectivity index (χ4n) is 4.19. The number of carboxylic acid groups (broad SMARTS) is 1. The summed E-state index contributed by atoms with van der Waals surface area (Å²) in [5, 5.41) is 10.9. The first-order valence-corrected chi connectivity index (χ1v) is 11.3. The number of piperazine rings is 1.